The van der Waals surface area contributed by atoms with E-state index in [0.717, 1.165) is 33.2 Å². The number of benzene rings is 4. The number of amides is 1. The van der Waals surface area contributed by atoms with Crippen LogP contribution in [-0.4, -0.2) is 58.4 Å². The molecule has 7 nitrogen and oxygen atoms in total. The second kappa shape index (κ2) is 10.6. The minimum atomic E-state index is -1.10. The molecule has 1 saturated heterocycles. The van der Waals surface area contributed by atoms with Crippen molar-refractivity contribution in [3.05, 3.63) is 101 Å². The molecule has 2 aliphatic heterocycles. The Balaban J connectivity index is 1.59. The minimum Gasteiger partial charge on any atom is -0.497 e. The molecule has 6 rings (SSSR count). The lowest BCUT2D eigenvalue weighted by molar-refractivity contribution is 0.0297. The molecule has 1 unspecified atom stereocenters. The van der Waals surface area contributed by atoms with Crippen LogP contribution in [0.3, 0.4) is 0 Å². The van der Waals surface area contributed by atoms with Crippen molar-refractivity contribution in [3.8, 4) is 23.0 Å². The van der Waals surface area contributed by atoms with Crippen molar-refractivity contribution in [2.45, 2.75) is 5.60 Å². The molecule has 2 heterocycles. The Bertz CT molecular complexity index is 1590. The number of carbonyl (C=O) groups is 1. The first-order chi connectivity index (χ1) is 19.6. The topological polar surface area (TPSA) is 66.5 Å². The highest BCUT2D eigenvalue weighted by atomic mass is 16.5. The van der Waals surface area contributed by atoms with Gasteiger partial charge in [0.15, 0.2) is 5.60 Å². The van der Waals surface area contributed by atoms with E-state index in [4.69, 9.17) is 23.7 Å². The maximum Gasteiger partial charge on any atom is 0.257 e. The molecule has 0 radical (unpaired) electrons. The SMILES string of the molecule is COc1ccc(C2(c3ccc(OC)cc3OC)C=Cc3c(c(C(=O)N4CCOCC4)cc4ccccc34)O2)cc1. The molecule has 1 amide bonds. The molecule has 0 bridgehead atoms. The van der Waals surface area contributed by atoms with E-state index in [9.17, 15) is 4.79 Å². The number of morpholine rings is 1. The fraction of sp³-hybridized carbons (Fsp3) is 0.242. The van der Waals surface area contributed by atoms with E-state index in [2.05, 4.69) is 12.1 Å². The van der Waals surface area contributed by atoms with Gasteiger partial charge in [-0.25, -0.2) is 0 Å². The van der Waals surface area contributed by atoms with Gasteiger partial charge in [-0.3, -0.25) is 4.79 Å². The Labute approximate surface area is 233 Å². The van der Waals surface area contributed by atoms with Crippen molar-refractivity contribution in [3.63, 3.8) is 0 Å². The fourth-order valence-corrected chi connectivity index (χ4v) is 5.52. The third-order valence-electron chi connectivity index (χ3n) is 7.64. The zero-order valence-electron chi connectivity index (χ0n) is 22.8. The van der Waals surface area contributed by atoms with Gasteiger partial charge in [-0.2, -0.15) is 0 Å². The van der Waals surface area contributed by atoms with E-state index in [0.29, 0.717) is 49.1 Å². The van der Waals surface area contributed by atoms with Gasteiger partial charge in [0.1, 0.15) is 23.0 Å². The summed E-state index contributed by atoms with van der Waals surface area (Å²) in [7, 11) is 4.89. The van der Waals surface area contributed by atoms with Crippen molar-refractivity contribution in [2.24, 2.45) is 0 Å². The number of nitrogens with zero attached hydrogens (tertiary/aromatic N) is 1. The van der Waals surface area contributed by atoms with Gasteiger partial charge in [0.05, 0.1) is 40.1 Å². The average Bonchev–Trinajstić information content (AvgIpc) is 3.03. The number of rotatable bonds is 6. The molecule has 1 fully saturated rings. The van der Waals surface area contributed by atoms with Gasteiger partial charge in [-0.1, -0.05) is 36.4 Å². The predicted octanol–water partition coefficient (Wildman–Crippen LogP) is 5.69. The van der Waals surface area contributed by atoms with Gasteiger partial charge >= 0.3 is 0 Å². The van der Waals surface area contributed by atoms with Crippen LogP contribution in [0.5, 0.6) is 23.0 Å². The number of carbonyl (C=O) groups excluding carboxylic acids is 1. The molecule has 4 aromatic rings. The van der Waals surface area contributed by atoms with Crippen LogP contribution < -0.4 is 18.9 Å². The molecule has 4 aromatic carbocycles. The second-order valence-electron chi connectivity index (χ2n) is 9.76. The lowest BCUT2D eigenvalue weighted by atomic mass is 9.82. The summed E-state index contributed by atoms with van der Waals surface area (Å²) in [6.45, 7) is 2.10. The van der Waals surface area contributed by atoms with E-state index < -0.39 is 5.60 Å². The van der Waals surface area contributed by atoms with Crippen molar-refractivity contribution < 1.29 is 28.5 Å². The van der Waals surface area contributed by atoms with Crippen molar-refractivity contribution >= 4 is 22.8 Å². The van der Waals surface area contributed by atoms with E-state index >= 15 is 0 Å². The van der Waals surface area contributed by atoms with Gasteiger partial charge in [-0.05, 0) is 53.3 Å². The fourth-order valence-electron chi connectivity index (χ4n) is 5.52. The Morgan fingerprint density at radius 1 is 0.850 bits per heavy atom. The second-order valence-corrected chi connectivity index (χ2v) is 9.76. The van der Waals surface area contributed by atoms with Crippen LogP contribution in [0.25, 0.3) is 16.8 Å². The first kappa shape index (κ1) is 25.8. The number of hydrogen-bond donors (Lipinski definition) is 0. The summed E-state index contributed by atoms with van der Waals surface area (Å²) in [5.74, 6) is 2.46. The normalized spacial score (nSPS) is 18.1. The zero-order valence-corrected chi connectivity index (χ0v) is 22.8. The van der Waals surface area contributed by atoms with Crippen molar-refractivity contribution in [2.75, 3.05) is 47.6 Å². The molecule has 1 atom stereocenters. The van der Waals surface area contributed by atoms with Crippen LogP contribution >= 0.6 is 0 Å². The van der Waals surface area contributed by atoms with Gasteiger partial charge in [0, 0.05) is 35.8 Å². The largest absolute Gasteiger partial charge is 0.497 e. The number of methoxy groups -OCH3 is 3. The highest BCUT2D eigenvalue weighted by Gasteiger charge is 2.42. The van der Waals surface area contributed by atoms with Crippen LogP contribution in [-0.2, 0) is 10.3 Å². The van der Waals surface area contributed by atoms with Crippen molar-refractivity contribution in [1.29, 1.82) is 0 Å². The van der Waals surface area contributed by atoms with Crippen LogP contribution in [0.1, 0.15) is 27.0 Å². The average molecular weight is 538 g/mol. The summed E-state index contributed by atoms with van der Waals surface area (Å²) in [5.41, 5.74) is 1.92. The van der Waals surface area contributed by atoms with Crippen LogP contribution in [0.2, 0.25) is 0 Å². The molecule has 7 heteroatoms. The number of hydrogen-bond acceptors (Lipinski definition) is 6. The highest BCUT2D eigenvalue weighted by molar-refractivity contribution is 6.06. The summed E-state index contributed by atoms with van der Waals surface area (Å²) < 4.78 is 29.4. The Morgan fingerprint density at radius 2 is 1.57 bits per heavy atom. The standard InChI is InChI=1S/C33H31NO6/c1-36-24-10-8-23(9-11-24)33(29-13-12-25(37-2)21-30(29)38-3)15-14-27-26-7-5-4-6-22(26)20-28(31(27)40-33)32(35)34-16-18-39-19-17-34/h4-15,20-21H,16-19H2,1-3H3. The number of fused-ring (bicyclic) bond motifs is 3. The third kappa shape index (κ3) is 4.32. The first-order valence-electron chi connectivity index (χ1n) is 13.3. The molecule has 0 aromatic heterocycles. The molecular weight excluding hydrogens is 506 g/mol. The van der Waals surface area contributed by atoms with Gasteiger partial charge in [-0.15, -0.1) is 0 Å². The smallest absolute Gasteiger partial charge is 0.257 e. The Hall–Kier alpha value is -4.49. The molecule has 0 N–H and O–H groups in total. The maximum atomic E-state index is 14.0. The quantitative estimate of drug-likeness (QED) is 0.315. The molecule has 2 aliphatic rings. The lowest BCUT2D eigenvalue weighted by Crippen LogP contribution is -2.41. The van der Waals surface area contributed by atoms with Gasteiger partial charge in [0.2, 0.25) is 0 Å². The van der Waals surface area contributed by atoms with Crippen LogP contribution in [0.15, 0.2) is 78.9 Å². The Morgan fingerprint density at radius 3 is 2.30 bits per heavy atom. The number of ether oxygens (including phenoxy) is 5. The van der Waals surface area contributed by atoms with E-state index in [1.807, 2.05) is 77.7 Å². The minimum absolute atomic E-state index is 0.0778. The zero-order chi connectivity index (χ0) is 27.7. The van der Waals surface area contributed by atoms with Crippen LogP contribution in [0.4, 0.5) is 0 Å². The maximum absolute atomic E-state index is 14.0. The molecule has 204 valence electrons. The molecule has 0 aliphatic carbocycles. The molecule has 0 saturated carbocycles. The first-order valence-corrected chi connectivity index (χ1v) is 13.3. The Kier molecular flexibility index (Phi) is 6.82. The van der Waals surface area contributed by atoms with E-state index in [-0.39, 0.29) is 5.91 Å². The summed E-state index contributed by atoms with van der Waals surface area (Å²) in [6, 6.07) is 23.4. The van der Waals surface area contributed by atoms with Crippen LogP contribution in [0, 0.1) is 0 Å². The summed E-state index contributed by atoms with van der Waals surface area (Å²) in [4.78, 5) is 15.8. The van der Waals surface area contributed by atoms with Crippen molar-refractivity contribution in [1.82, 2.24) is 4.90 Å². The molecule has 0 spiro atoms. The lowest BCUT2D eigenvalue weighted by Gasteiger charge is -2.38. The van der Waals surface area contributed by atoms with Gasteiger partial charge < -0.3 is 28.6 Å². The monoisotopic (exact) mass is 537 g/mol. The summed E-state index contributed by atoms with van der Waals surface area (Å²) in [5, 5.41) is 1.99. The molecule has 40 heavy (non-hydrogen) atoms. The predicted molar refractivity (Wildman–Crippen MR) is 154 cm³/mol. The molecular formula is C33H31NO6. The third-order valence-corrected chi connectivity index (χ3v) is 7.64. The highest BCUT2D eigenvalue weighted by Crippen LogP contribution is 2.49. The van der Waals surface area contributed by atoms with E-state index in [1.165, 1.54) is 0 Å². The summed E-state index contributed by atoms with van der Waals surface area (Å²) >= 11 is 0. The van der Waals surface area contributed by atoms with Gasteiger partial charge in [0.25, 0.3) is 5.91 Å². The summed E-state index contributed by atoms with van der Waals surface area (Å²) in [6.07, 6.45) is 4.10. The van der Waals surface area contributed by atoms with E-state index in [1.54, 1.807) is 21.3 Å².